The van der Waals surface area contributed by atoms with E-state index < -0.39 is 22.1 Å². The van der Waals surface area contributed by atoms with E-state index in [1.807, 2.05) is 0 Å². The van der Waals surface area contributed by atoms with Gasteiger partial charge in [-0.2, -0.15) is 13.2 Å². The SMILES string of the molecule is CS(=O)(=O)CCNC(Cc1ccccc1)C(F)(F)F. The molecule has 19 heavy (non-hydrogen) atoms. The topological polar surface area (TPSA) is 46.2 Å². The van der Waals surface area contributed by atoms with Crippen molar-refractivity contribution in [3.63, 3.8) is 0 Å². The Bertz CT molecular complexity index is 485. The third-order valence-electron chi connectivity index (χ3n) is 2.54. The van der Waals surface area contributed by atoms with Gasteiger partial charge in [-0.1, -0.05) is 30.3 Å². The molecule has 0 radical (unpaired) electrons. The van der Waals surface area contributed by atoms with Crippen molar-refractivity contribution >= 4 is 9.84 Å². The molecule has 1 atom stereocenters. The van der Waals surface area contributed by atoms with E-state index in [0.717, 1.165) is 6.26 Å². The lowest BCUT2D eigenvalue weighted by atomic mass is 10.1. The van der Waals surface area contributed by atoms with Crippen molar-refractivity contribution in [1.82, 2.24) is 5.32 Å². The second kappa shape index (κ2) is 6.38. The van der Waals surface area contributed by atoms with Crippen LogP contribution in [0.5, 0.6) is 0 Å². The summed E-state index contributed by atoms with van der Waals surface area (Å²) in [5.74, 6) is -0.311. The lowest BCUT2D eigenvalue weighted by Crippen LogP contribution is -2.45. The zero-order valence-electron chi connectivity index (χ0n) is 10.4. The summed E-state index contributed by atoms with van der Waals surface area (Å²) in [5, 5.41) is 2.26. The average Bonchev–Trinajstić information content (AvgIpc) is 2.26. The molecular formula is C12H16F3NO2S. The first-order valence-electron chi connectivity index (χ1n) is 5.70. The van der Waals surface area contributed by atoms with Gasteiger partial charge >= 0.3 is 6.18 Å². The van der Waals surface area contributed by atoms with Gasteiger partial charge < -0.3 is 5.32 Å². The second-order valence-corrected chi connectivity index (χ2v) is 6.63. The number of hydrogen-bond acceptors (Lipinski definition) is 3. The van der Waals surface area contributed by atoms with Crippen molar-refractivity contribution in [2.24, 2.45) is 0 Å². The van der Waals surface area contributed by atoms with Crippen LogP contribution in [-0.2, 0) is 16.3 Å². The molecule has 1 N–H and O–H groups in total. The maximum atomic E-state index is 12.8. The van der Waals surface area contributed by atoms with Crippen molar-refractivity contribution < 1.29 is 21.6 Å². The quantitative estimate of drug-likeness (QED) is 0.870. The summed E-state index contributed by atoms with van der Waals surface area (Å²) < 4.78 is 60.2. The Labute approximate surface area is 110 Å². The van der Waals surface area contributed by atoms with Crippen LogP contribution in [0.15, 0.2) is 30.3 Å². The van der Waals surface area contributed by atoms with E-state index in [1.165, 1.54) is 0 Å². The zero-order chi connectivity index (χ0) is 14.5. The van der Waals surface area contributed by atoms with Crippen LogP contribution >= 0.6 is 0 Å². The third-order valence-corrected chi connectivity index (χ3v) is 3.49. The van der Waals surface area contributed by atoms with Crippen LogP contribution in [0, 0.1) is 0 Å². The molecule has 0 aliphatic heterocycles. The van der Waals surface area contributed by atoms with E-state index >= 15 is 0 Å². The molecule has 0 spiro atoms. The standard InChI is InChI=1S/C12H16F3NO2S/c1-19(17,18)8-7-16-11(12(13,14)15)9-10-5-3-2-4-6-10/h2-6,11,16H,7-9H2,1H3. The molecule has 7 heteroatoms. The third kappa shape index (κ3) is 6.58. The number of rotatable bonds is 6. The van der Waals surface area contributed by atoms with Gasteiger partial charge in [0.1, 0.15) is 15.9 Å². The van der Waals surface area contributed by atoms with Crippen LogP contribution in [-0.4, -0.2) is 39.2 Å². The van der Waals surface area contributed by atoms with Gasteiger partial charge in [0.05, 0.1) is 5.75 Å². The molecule has 1 aromatic carbocycles. The van der Waals surface area contributed by atoms with E-state index in [9.17, 15) is 21.6 Å². The van der Waals surface area contributed by atoms with Gasteiger partial charge in [-0.25, -0.2) is 8.42 Å². The molecule has 1 aromatic rings. The van der Waals surface area contributed by atoms with E-state index in [0.29, 0.717) is 5.56 Å². The molecule has 0 aliphatic carbocycles. The van der Waals surface area contributed by atoms with Crippen molar-refractivity contribution in [2.45, 2.75) is 18.6 Å². The fourth-order valence-electron chi connectivity index (χ4n) is 1.57. The number of hydrogen-bond donors (Lipinski definition) is 1. The highest BCUT2D eigenvalue weighted by Crippen LogP contribution is 2.23. The molecule has 3 nitrogen and oxygen atoms in total. The molecule has 1 unspecified atom stereocenters. The number of halogens is 3. The molecule has 0 saturated heterocycles. The number of benzene rings is 1. The minimum absolute atomic E-state index is 0.212. The molecule has 0 saturated carbocycles. The van der Waals surface area contributed by atoms with E-state index in [2.05, 4.69) is 5.32 Å². The van der Waals surface area contributed by atoms with Crippen LogP contribution in [0.1, 0.15) is 5.56 Å². The Morgan fingerprint density at radius 3 is 2.26 bits per heavy atom. The Hall–Kier alpha value is -1.08. The lowest BCUT2D eigenvalue weighted by Gasteiger charge is -2.21. The molecule has 1 rings (SSSR count). The van der Waals surface area contributed by atoms with Crippen LogP contribution < -0.4 is 5.32 Å². The van der Waals surface area contributed by atoms with E-state index in [-0.39, 0.29) is 18.7 Å². The van der Waals surface area contributed by atoms with E-state index in [1.54, 1.807) is 30.3 Å². The highest BCUT2D eigenvalue weighted by Gasteiger charge is 2.39. The van der Waals surface area contributed by atoms with Crippen molar-refractivity contribution in [1.29, 1.82) is 0 Å². The maximum absolute atomic E-state index is 12.8. The van der Waals surface area contributed by atoms with Crippen molar-refractivity contribution in [2.75, 3.05) is 18.6 Å². The summed E-state index contributed by atoms with van der Waals surface area (Å²) in [6.45, 7) is -0.212. The zero-order valence-corrected chi connectivity index (χ0v) is 11.3. The first-order chi connectivity index (χ1) is 8.68. The number of alkyl halides is 3. The summed E-state index contributed by atoms with van der Waals surface area (Å²) >= 11 is 0. The minimum atomic E-state index is -4.41. The fourth-order valence-corrected chi connectivity index (χ4v) is 2.06. The first-order valence-corrected chi connectivity index (χ1v) is 7.76. The summed E-state index contributed by atoms with van der Waals surface area (Å²) in [5.41, 5.74) is 0.552. The van der Waals surface area contributed by atoms with Gasteiger partial charge in [-0.05, 0) is 12.0 Å². The largest absolute Gasteiger partial charge is 0.404 e. The molecule has 0 fully saturated rings. The van der Waals surface area contributed by atoms with E-state index in [4.69, 9.17) is 0 Å². The molecule has 0 bridgehead atoms. The predicted octanol–water partition coefficient (Wildman–Crippen LogP) is 1.79. The van der Waals surface area contributed by atoms with Crippen LogP contribution in [0.4, 0.5) is 13.2 Å². The minimum Gasteiger partial charge on any atom is -0.305 e. The monoisotopic (exact) mass is 295 g/mol. The summed E-state index contributed by atoms with van der Waals surface area (Å²) in [7, 11) is -3.27. The molecule has 0 heterocycles. The lowest BCUT2D eigenvalue weighted by molar-refractivity contribution is -0.155. The molecule has 0 aromatic heterocycles. The highest BCUT2D eigenvalue weighted by molar-refractivity contribution is 7.90. The molecule has 0 aliphatic rings. The van der Waals surface area contributed by atoms with Gasteiger partial charge in [-0.3, -0.25) is 0 Å². The molecular weight excluding hydrogens is 279 g/mol. The van der Waals surface area contributed by atoms with Crippen LogP contribution in [0.3, 0.4) is 0 Å². The maximum Gasteiger partial charge on any atom is 0.404 e. The van der Waals surface area contributed by atoms with Gasteiger partial charge in [0.2, 0.25) is 0 Å². The van der Waals surface area contributed by atoms with Gasteiger partial charge in [0.25, 0.3) is 0 Å². The average molecular weight is 295 g/mol. The number of nitrogens with one attached hydrogen (secondary N) is 1. The number of sulfone groups is 1. The van der Waals surface area contributed by atoms with Gasteiger partial charge in [-0.15, -0.1) is 0 Å². The summed E-state index contributed by atoms with van der Waals surface area (Å²) in [6, 6.07) is 6.53. The smallest absolute Gasteiger partial charge is 0.305 e. The van der Waals surface area contributed by atoms with Crippen LogP contribution in [0.25, 0.3) is 0 Å². The van der Waals surface area contributed by atoms with Crippen molar-refractivity contribution in [3.05, 3.63) is 35.9 Å². The van der Waals surface area contributed by atoms with Crippen LogP contribution in [0.2, 0.25) is 0 Å². The Morgan fingerprint density at radius 2 is 1.79 bits per heavy atom. The molecule has 0 amide bonds. The normalized spacial score (nSPS) is 14.3. The Balaban J connectivity index is 2.63. The summed E-state index contributed by atoms with van der Waals surface area (Å²) in [4.78, 5) is 0. The van der Waals surface area contributed by atoms with Crippen molar-refractivity contribution in [3.8, 4) is 0 Å². The Kier molecular flexibility index (Phi) is 5.37. The Morgan fingerprint density at radius 1 is 1.21 bits per heavy atom. The first kappa shape index (κ1) is 16.0. The van der Waals surface area contributed by atoms with Gasteiger partial charge in [0, 0.05) is 12.8 Å². The summed E-state index contributed by atoms with van der Waals surface area (Å²) in [6.07, 6.45) is -3.63. The fraction of sp³-hybridized carbons (Fsp3) is 0.500. The second-order valence-electron chi connectivity index (χ2n) is 4.37. The van der Waals surface area contributed by atoms with Gasteiger partial charge in [0.15, 0.2) is 0 Å². The molecule has 108 valence electrons. The predicted molar refractivity (Wildman–Crippen MR) is 67.7 cm³/mol. The highest BCUT2D eigenvalue weighted by atomic mass is 32.2.